The van der Waals surface area contributed by atoms with Gasteiger partial charge in [-0.1, -0.05) is 18.2 Å². The number of anilines is 2. The van der Waals surface area contributed by atoms with Gasteiger partial charge < -0.3 is 5.32 Å². The molecule has 7 nitrogen and oxygen atoms in total. The molecule has 0 unspecified atom stereocenters. The fraction of sp³-hybridized carbons (Fsp3) is 0.0400. The molecule has 1 aliphatic heterocycles. The topological polar surface area (TPSA) is 84.3 Å². The Morgan fingerprint density at radius 1 is 0.861 bits per heavy atom. The van der Waals surface area contributed by atoms with Crippen LogP contribution < -0.4 is 10.2 Å². The van der Waals surface area contributed by atoms with Crippen LogP contribution in [0.25, 0.3) is 0 Å². The summed E-state index contributed by atoms with van der Waals surface area (Å²) >= 11 is 0. The minimum Gasteiger partial charge on any atom is -0.319 e. The second-order valence-corrected chi connectivity index (χ2v) is 7.87. The summed E-state index contributed by atoms with van der Waals surface area (Å²) < 4.78 is 55.5. The Kier molecular flexibility index (Phi) is 5.59. The Labute approximate surface area is 200 Å². The highest BCUT2D eigenvalue weighted by Gasteiger charge is 2.36. The van der Waals surface area contributed by atoms with Crippen LogP contribution in [0.15, 0.2) is 67.0 Å². The van der Waals surface area contributed by atoms with E-state index >= 15 is 0 Å². The van der Waals surface area contributed by atoms with Crippen molar-refractivity contribution in [2.75, 3.05) is 10.2 Å². The van der Waals surface area contributed by atoms with Crippen molar-refractivity contribution in [3.05, 3.63) is 113 Å². The molecule has 0 aliphatic carbocycles. The lowest BCUT2D eigenvalue weighted by molar-refractivity contribution is 0.0924. The molecule has 0 fully saturated rings. The van der Waals surface area contributed by atoms with Gasteiger partial charge in [0.2, 0.25) is 0 Å². The zero-order valence-corrected chi connectivity index (χ0v) is 18.1. The van der Waals surface area contributed by atoms with Crippen molar-refractivity contribution in [1.82, 2.24) is 9.78 Å². The number of nitrogens with one attached hydrogen (secondary N) is 1. The van der Waals surface area contributed by atoms with Crippen LogP contribution in [0.5, 0.6) is 0 Å². The lowest BCUT2D eigenvalue weighted by atomic mass is 10.1. The minimum atomic E-state index is -1.80. The van der Waals surface area contributed by atoms with Crippen molar-refractivity contribution >= 4 is 29.1 Å². The van der Waals surface area contributed by atoms with Gasteiger partial charge in [-0.15, -0.1) is 0 Å². The number of hydrogen-bond acceptors (Lipinski definition) is 4. The predicted molar refractivity (Wildman–Crippen MR) is 120 cm³/mol. The summed E-state index contributed by atoms with van der Waals surface area (Å²) in [5.41, 5.74) is 0.263. The number of fused-ring (bicyclic) bond motifs is 1. The maximum Gasteiger partial charge on any atom is 0.266 e. The number of rotatable bonds is 5. The van der Waals surface area contributed by atoms with Crippen LogP contribution in [0.3, 0.4) is 0 Å². The van der Waals surface area contributed by atoms with Crippen LogP contribution in [0.2, 0.25) is 0 Å². The van der Waals surface area contributed by atoms with E-state index < -0.39 is 53.1 Å². The van der Waals surface area contributed by atoms with E-state index in [9.17, 15) is 31.9 Å². The van der Waals surface area contributed by atoms with Gasteiger partial charge in [-0.25, -0.2) is 22.5 Å². The highest BCUT2D eigenvalue weighted by atomic mass is 19.2. The van der Waals surface area contributed by atoms with E-state index in [1.165, 1.54) is 36.7 Å². The van der Waals surface area contributed by atoms with Crippen molar-refractivity contribution in [2.45, 2.75) is 6.54 Å². The van der Waals surface area contributed by atoms with Gasteiger partial charge in [-0.3, -0.25) is 19.1 Å². The van der Waals surface area contributed by atoms with Crippen molar-refractivity contribution < 1.29 is 31.9 Å². The van der Waals surface area contributed by atoms with E-state index in [1.807, 2.05) is 0 Å². The second kappa shape index (κ2) is 8.77. The summed E-state index contributed by atoms with van der Waals surface area (Å²) in [6.07, 6.45) is 2.44. The lowest BCUT2D eigenvalue weighted by Crippen LogP contribution is -2.29. The maximum atomic E-state index is 13.9. The summed E-state index contributed by atoms with van der Waals surface area (Å²) in [6, 6.07) is 12.5. The van der Waals surface area contributed by atoms with Gasteiger partial charge in [0.15, 0.2) is 17.5 Å². The first-order valence-corrected chi connectivity index (χ1v) is 10.5. The summed E-state index contributed by atoms with van der Waals surface area (Å²) in [5, 5.41) is 6.41. The molecule has 1 aliphatic rings. The SMILES string of the molecule is O=C(Nc1cnn(Cc2c(F)cc(F)c(F)c2F)c1)c1cccc(N2C(=O)c3ccccc3C2=O)c1. The number of amides is 3. The number of benzene rings is 3. The smallest absolute Gasteiger partial charge is 0.266 e. The Morgan fingerprint density at radius 3 is 2.25 bits per heavy atom. The number of carbonyl (C=O) groups is 3. The van der Waals surface area contributed by atoms with Crippen molar-refractivity contribution in [2.24, 2.45) is 0 Å². The monoisotopic (exact) mass is 494 g/mol. The molecular formula is C25H14F4N4O3. The Morgan fingerprint density at radius 2 is 1.56 bits per heavy atom. The van der Waals surface area contributed by atoms with Gasteiger partial charge in [0.25, 0.3) is 17.7 Å². The third-order valence-electron chi connectivity index (χ3n) is 5.58. The molecule has 0 spiro atoms. The van der Waals surface area contributed by atoms with Gasteiger partial charge in [-0.2, -0.15) is 5.10 Å². The number of halogens is 4. The molecule has 36 heavy (non-hydrogen) atoms. The van der Waals surface area contributed by atoms with Crippen LogP contribution in [-0.4, -0.2) is 27.5 Å². The summed E-state index contributed by atoms with van der Waals surface area (Å²) in [4.78, 5) is 39.2. The van der Waals surface area contributed by atoms with Gasteiger partial charge >= 0.3 is 0 Å². The van der Waals surface area contributed by atoms with Gasteiger partial charge in [-0.05, 0) is 30.3 Å². The molecule has 4 aromatic rings. The van der Waals surface area contributed by atoms with Crippen LogP contribution in [0.1, 0.15) is 36.6 Å². The standard InChI is InChI=1S/C25H14F4N4O3/c26-19-9-20(27)22(29)21(28)18(19)12-32-11-14(10-30-32)31-23(34)13-4-3-5-15(8-13)33-24(35)16-6-1-2-7-17(16)25(33)36/h1-11H,12H2,(H,31,34). The van der Waals surface area contributed by atoms with E-state index in [-0.39, 0.29) is 34.1 Å². The Hall–Kier alpha value is -4.80. The number of imide groups is 1. The van der Waals surface area contributed by atoms with Crippen LogP contribution in [0.4, 0.5) is 28.9 Å². The van der Waals surface area contributed by atoms with Crippen LogP contribution >= 0.6 is 0 Å². The zero-order valence-electron chi connectivity index (χ0n) is 18.1. The normalized spacial score (nSPS) is 12.7. The third-order valence-corrected chi connectivity index (χ3v) is 5.58. The molecule has 1 aromatic heterocycles. The fourth-order valence-corrected chi connectivity index (χ4v) is 3.84. The Balaban J connectivity index is 1.33. The van der Waals surface area contributed by atoms with E-state index in [0.29, 0.717) is 0 Å². The van der Waals surface area contributed by atoms with Crippen LogP contribution in [0, 0.1) is 23.3 Å². The third kappa shape index (κ3) is 3.90. The van der Waals surface area contributed by atoms with E-state index in [0.717, 1.165) is 9.58 Å². The van der Waals surface area contributed by atoms with Crippen LogP contribution in [-0.2, 0) is 6.54 Å². The number of hydrogen-bond donors (Lipinski definition) is 1. The summed E-state index contributed by atoms with van der Waals surface area (Å²) in [6.45, 7) is -0.556. The summed E-state index contributed by atoms with van der Waals surface area (Å²) in [5.74, 6) is -8.03. The van der Waals surface area contributed by atoms with Gasteiger partial charge in [0, 0.05) is 23.4 Å². The largest absolute Gasteiger partial charge is 0.319 e. The molecular weight excluding hydrogens is 480 g/mol. The Bertz CT molecular complexity index is 1530. The average molecular weight is 494 g/mol. The molecule has 0 saturated carbocycles. The van der Waals surface area contributed by atoms with Crippen molar-refractivity contribution in [1.29, 1.82) is 0 Å². The molecule has 1 N–H and O–H groups in total. The van der Waals surface area contributed by atoms with E-state index in [4.69, 9.17) is 0 Å². The minimum absolute atomic E-state index is 0.120. The summed E-state index contributed by atoms with van der Waals surface area (Å²) in [7, 11) is 0. The van der Waals surface area contributed by atoms with Crippen molar-refractivity contribution in [3.8, 4) is 0 Å². The first-order chi connectivity index (χ1) is 17.2. The first-order valence-electron chi connectivity index (χ1n) is 10.5. The first kappa shape index (κ1) is 23.0. The van der Waals surface area contributed by atoms with Gasteiger partial charge in [0.1, 0.15) is 5.82 Å². The molecule has 0 atom stereocenters. The molecule has 3 aromatic carbocycles. The van der Waals surface area contributed by atoms with Crippen molar-refractivity contribution in [3.63, 3.8) is 0 Å². The number of nitrogens with zero attached hydrogens (tertiary/aromatic N) is 3. The molecule has 5 rings (SSSR count). The second-order valence-electron chi connectivity index (χ2n) is 7.87. The molecule has 3 amide bonds. The highest BCUT2D eigenvalue weighted by molar-refractivity contribution is 6.34. The molecule has 0 radical (unpaired) electrons. The number of aromatic nitrogens is 2. The fourth-order valence-electron chi connectivity index (χ4n) is 3.84. The number of carbonyl (C=O) groups excluding carboxylic acids is 3. The zero-order chi connectivity index (χ0) is 25.6. The molecule has 2 heterocycles. The maximum absolute atomic E-state index is 13.9. The van der Waals surface area contributed by atoms with E-state index in [2.05, 4.69) is 10.4 Å². The molecule has 0 saturated heterocycles. The van der Waals surface area contributed by atoms with Gasteiger partial charge in [0.05, 0.1) is 35.2 Å². The molecule has 0 bridgehead atoms. The predicted octanol–water partition coefficient (Wildman–Crippen LogP) is 4.54. The average Bonchev–Trinajstić information content (AvgIpc) is 3.42. The molecule has 11 heteroatoms. The highest BCUT2D eigenvalue weighted by Crippen LogP contribution is 2.29. The van der Waals surface area contributed by atoms with E-state index in [1.54, 1.807) is 24.3 Å². The quantitative estimate of drug-likeness (QED) is 0.191. The lowest BCUT2D eigenvalue weighted by Gasteiger charge is -2.15. The molecule has 180 valence electrons.